The highest BCUT2D eigenvalue weighted by atomic mass is 16.1. The zero-order valence-corrected chi connectivity index (χ0v) is 6.22. The van der Waals surface area contributed by atoms with Crippen molar-refractivity contribution in [2.45, 2.75) is 0 Å². The lowest BCUT2D eigenvalue weighted by molar-refractivity contribution is -0.00839. The lowest BCUT2D eigenvalue weighted by Gasteiger charge is -1.83. The van der Waals surface area contributed by atoms with Gasteiger partial charge in [0, 0.05) is 0 Å². The summed E-state index contributed by atoms with van der Waals surface area (Å²) < 4.78 is 0. The van der Waals surface area contributed by atoms with Gasteiger partial charge in [-0.2, -0.15) is 4.98 Å². The average molecular weight is 177 g/mol. The van der Waals surface area contributed by atoms with E-state index in [1.807, 2.05) is 0 Å². The fourth-order valence-corrected chi connectivity index (χ4v) is 0.915. The van der Waals surface area contributed by atoms with E-state index < -0.39 is 5.56 Å². The van der Waals surface area contributed by atoms with Crippen LogP contribution in [0.3, 0.4) is 0 Å². The molecule has 0 saturated carbocycles. The number of hydrogen-bond donors (Lipinski definition) is 2. The molecule has 2 heterocycles. The van der Waals surface area contributed by atoms with E-state index in [2.05, 4.69) is 24.7 Å². The first-order chi connectivity index (χ1) is 6.20. The number of anilines is 1. The highest BCUT2D eigenvalue weighted by Crippen LogP contribution is 1.78. The summed E-state index contributed by atoms with van der Waals surface area (Å²) in [5.41, 5.74) is 13.1. The van der Waals surface area contributed by atoms with Crippen molar-refractivity contribution in [1.82, 2.24) is 9.97 Å². The molecule has 0 aliphatic carbocycles. The second-order valence-corrected chi connectivity index (χ2v) is 2.25. The SMILES string of the molecule is [N-]=[N+]=C1N=c2nc(N)[nH]c(=O)c2=N1. The van der Waals surface area contributed by atoms with Gasteiger partial charge >= 0.3 is 5.96 Å². The molecule has 1 aromatic rings. The Bertz CT molecular complexity index is 590. The van der Waals surface area contributed by atoms with Crippen LogP contribution in [0.4, 0.5) is 5.95 Å². The highest BCUT2D eigenvalue weighted by Gasteiger charge is 2.18. The van der Waals surface area contributed by atoms with Crippen molar-refractivity contribution >= 4 is 11.9 Å². The Balaban J connectivity index is 3.02. The summed E-state index contributed by atoms with van der Waals surface area (Å²) in [5.74, 6) is -0.263. The van der Waals surface area contributed by atoms with Gasteiger partial charge in [-0.3, -0.25) is 9.78 Å². The van der Waals surface area contributed by atoms with Gasteiger partial charge in [0.1, 0.15) is 0 Å². The van der Waals surface area contributed by atoms with Gasteiger partial charge in [-0.15, -0.1) is 0 Å². The minimum Gasteiger partial charge on any atom is -0.542 e. The summed E-state index contributed by atoms with van der Waals surface area (Å²) >= 11 is 0. The standard InChI is InChI=1S/C5H3N7O/c6-4-9-2-1(3(13)11-4)8-5(10-2)12-7/h(H3,6,9,10,11,13). The number of aromatic nitrogens is 2. The number of guanidine groups is 1. The molecule has 0 amide bonds. The van der Waals surface area contributed by atoms with Gasteiger partial charge < -0.3 is 16.1 Å². The number of aromatic amines is 1. The molecule has 0 aromatic carbocycles. The van der Waals surface area contributed by atoms with E-state index in [1.165, 1.54) is 0 Å². The van der Waals surface area contributed by atoms with Crippen LogP contribution < -0.4 is 22.1 Å². The van der Waals surface area contributed by atoms with E-state index in [4.69, 9.17) is 11.3 Å². The maximum Gasteiger partial charge on any atom is 0.509 e. The molecule has 8 nitrogen and oxygen atoms in total. The van der Waals surface area contributed by atoms with Crippen LogP contribution in [0.15, 0.2) is 14.8 Å². The van der Waals surface area contributed by atoms with Crippen molar-refractivity contribution in [3.63, 3.8) is 0 Å². The molecule has 0 saturated heterocycles. The third kappa shape index (κ3) is 1.01. The van der Waals surface area contributed by atoms with E-state index in [9.17, 15) is 4.79 Å². The number of rotatable bonds is 0. The number of nitrogens with two attached hydrogens (primary N) is 1. The lowest BCUT2D eigenvalue weighted by atomic mass is 10.6. The van der Waals surface area contributed by atoms with Crippen LogP contribution in [0.5, 0.6) is 0 Å². The minimum absolute atomic E-state index is 0.00185. The molecular formula is C5H3N7O. The van der Waals surface area contributed by atoms with Gasteiger partial charge in [-0.1, -0.05) is 0 Å². The predicted molar refractivity (Wildman–Crippen MR) is 40.2 cm³/mol. The Morgan fingerprint density at radius 1 is 1.46 bits per heavy atom. The molecular weight excluding hydrogens is 174 g/mol. The Morgan fingerprint density at radius 3 is 2.92 bits per heavy atom. The zero-order chi connectivity index (χ0) is 9.42. The van der Waals surface area contributed by atoms with Crippen molar-refractivity contribution in [3.8, 4) is 0 Å². The van der Waals surface area contributed by atoms with Gasteiger partial charge in [0.15, 0.2) is 0 Å². The first-order valence-corrected chi connectivity index (χ1v) is 3.26. The molecule has 1 aliphatic heterocycles. The normalized spacial score (nSPS) is 12.8. The fourth-order valence-electron chi connectivity index (χ4n) is 0.915. The average Bonchev–Trinajstić information content (AvgIpc) is 2.47. The van der Waals surface area contributed by atoms with Gasteiger partial charge in [0.25, 0.3) is 16.4 Å². The van der Waals surface area contributed by atoms with Crippen LogP contribution in [-0.2, 0) is 0 Å². The quantitative estimate of drug-likeness (QED) is 0.327. The summed E-state index contributed by atoms with van der Waals surface area (Å²) in [6.45, 7) is 0. The van der Waals surface area contributed by atoms with Gasteiger partial charge in [0.2, 0.25) is 5.95 Å². The molecule has 0 bridgehead atoms. The number of nitrogens with one attached hydrogen (secondary N) is 1. The molecule has 0 atom stereocenters. The van der Waals surface area contributed by atoms with E-state index in [1.54, 1.807) is 0 Å². The topological polar surface area (TPSA) is 133 Å². The van der Waals surface area contributed by atoms with Crippen molar-refractivity contribution < 1.29 is 4.79 Å². The molecule has 0 radical (unpaired) electrons. The molecule has 1 aliphatic rings. The first kappa shape index (κ1) is 7.32. The Labute approximate surface area is 70.1 Å². The zero-order valence-electron chi connectivity index (χ0n) is 6.22. The number of hydrogen-bond acceptors (Lipinski definition) is 3. The predicted octanol–water partition coefficient (Wildman–Crippen LogP) is -2.81. The number of fused-ring (bicyclic) bond motifs is 1. The lowest BCUT2D eigenvalue weighted by Crippen LogP contribution is -2.41. The molecule has 2 rings (SSSR count). The molecule has 3 N–H and O–H groups in total. The van der Waals surface area contributed by atoms with Crippen LogP contribution in [0, 0.1) is 0 Å². The second kappa shape index (κ2) is 2.32. The van der Waals surface area contributed by atoms with Crippen molar-refractivity contribution in [2.24, 2.45) is 9.98 Å². The Morgan fingerprint density at radius 2 is 2.23 bits per heavy atom. The molecule has 13 heavy (non-hydrogen) atoms. The molecule has 0 unspecified atom stereocenters. The summed E-state index contributed by atoms with van der Waals surface area (Å²) in [6, 6.07) is 0. The summed E-state index contributed by atoms with van der Waals surface area (Å²) in [6.07, 6.45) is 0. The van der Waals surface area contributed by atoms with E-state index in [-0.39, 0.29) is 22.8 Å². The van der Waals surface area contributed by atoms with Crippen molar-refractivity contribution in [2.75, 3.05) is 5.73 Å². The maximum atomic E-state index is 11.1. The molecule has 0 spiro atoms. The van der Waals surface area contributed by atoms with Crippen LogP contribution in [0.2, 0.25) is 0 Å². The second-order valence-electron chi connectivity index (χ2n) is 2.25. The third-order valence-electron chi connectivity index (χ3n) is 1.40. The summed E-state index contributed by atoms with van der Waals surface area (Å²) in [5, 5.41) is 0.00185. The van der Waals surface area contributed by atoms with Gasteiger partial charge in [0.05, 0.1) is 0 Å². The first-order valence-electron chi connectivity index (χ1n) is 3.26. The van der Waals surface area contributed by atoms with Crippen molar-refractivity contribution in [1.29, 1.82) is 0 Å². The third-order valence-corrected chi connectivity index (χ3v) is 1.40. The summed E-state index contributed by atoms with van der Waals surface area (Å²) in [4.78, 5) is 27.0. The van der Waals surface area contributed by atoms with E-state index >= 15 is 0 Å². The maximum absolute atomic E-state index is 11.1. The van der Waals surface area contributed by atoms with Gasteiger partial charge in [-0.05, 0) is 9.98 Å². The number of nitrogens with zero attached hydrogens (tertiary/aromatic N) is 5. The monoisotopic (exact) mass is 177 g/mol. The Kier molecular flexibility index (Phi) is 1.31. The van der Waals surface area contributed by atoms with Crippen LogP contribution in [-0.4, -0.2) is 20.7 Å². The van der Waals surface area contributed by atoms with E-state index in [0.717, 1.165) is 0 Å². The highest BCUT2D eigenvalue weighted by molar-refractivity contribution is 5.77. The molecule has 1 aromatic heterocycles. The smallest absolute Gasteiger partial charge is 0.509 e. The summed E-state index contributed by atoms with van der Waals surface area (Å²) in [7, 11) is 0. The molecule has 8 heteroatoms. The molecule has 64 valence electrons. The van der Waals surface area contributed by atoms with Crippen LogP contribution in [0.1, 0.15) is 0 Å². The largest absolute Gasteiger partial charge is 0.542 e. The molecule has 0 fully saturated rings. The number of nitrogen functional groups attached to an aromatic ring is 1. The fraction of sp³-hybridized carbons (Fsp3) is 0. The van der Waals surface area contributed by atoms with Gasteiger partial charge in [-0.25, -0.2) is 0 Å². The number of H-pyrrole nitrogens is 1. The van der Waals surface area contributed by atoms with Crippen LogP contribution in [0.25, 0.3) is 5.53 Å². The van der Waals surface area contributed by atoms with Crippen LogP contribution >= 0.6 is 0 Å². The Hall–Kier alpha value is -2.34. The minimum atomic E-state index is -0.509. The van der Waals surface area contributed by atoms with Crippen molar-refractivity contribution in [3.05, 3.63) is 26.7 Å². The van der Waals surface area contributed by atoms with E-state index in [0.29, 0.717) is 0 Å².